The zero-order chi connectivity index (χ0) is 18.5. The van der Waals surface area contributed by atoms with Gasteiger partial charge in [0.2, 0.25) is 0 Å². The molecule has 0 bridgehead atoms. The van der Waals surface area contributed by atoms with Gasteiger partial charge in [0.25, 0.3) is 5.91 Å². The highest BCUT2D eigenvalue weighted by molar-refractivity contribution is 7.20. The molecule has 0 spiro atoms. The van der Waals surface area contributed by atoms with E-state index in [0.717, 1.165) is 27.3 Å². The van der Waals surface area contributed by atoms with E-state index in [-0.39, 0.29) is 16.3 Å². The molecule has 3 aromatic heterocycles. The van der Waals surface area contributed by atoms with Crippen molar-refractivity contribution in [2.45, 2.75) is 26.1 Å². The number of nitrogens with zero attached hydrogens (tertiary/aromatic N) is 4. The Morgan fingerprint density at radius 3 is 2.56 bits per heavy atom. The third-order valence-corrected chi connectivity index (χ3v) is 5.07. The minimum absolute atomic E-state index is 0.0599. The molecule has 3 aromatic rings. The first-order valence-corrected chi connectivity index (χ1v) is 8.24. The second kappa shape index (κ2) is 5.87. The molecule has 10 heteroatoms. The monoisotopic (exact) mass is 371 g/mol. The molecule has 0 radical (unpaired) electrons. The first kappa shape index (κ1) is 17.5. The second-order valence-corrected chi connectivity index (χ2v) is 6.87. The van der Waals surface area contributed by atoms with E-state index in [0.29, 0.717) is 4.83 Å². The summed E-state index contributed by atoms with van der Waals surface area (Å²) in [7, 11) is 3.21. The van der Waals surface area contributed by atoms with Gasteiger partial charge in [-0.25, -0.2) is 0 Å². The number of carbonyl (C=O) groups excluding carboxylic acids is 1. The summed E-state index contributed by atoms with van der Waals surface area (Å²) in [6.45, 7) is 3.64. The minimum Gasteiger partial charge on any atom is -0.345 e. The molecule has 1 amide bonds. The zero-order valence-electron chi connectivity index (χ0n) is 14.0. The van der Waals surface area contributed by atoms with Gasteiger partial charge in [-0.1, -0.05) is 0 Å². The lowest BCUT2D eigenvalue weighted by molar-refractivity contribution is -0.140. The summed E-state index contributed by atoms with van der Waals surface area (Å²) >= 11 is 0.983. The van der Waals surface area contributed by atoms with Crippen LogP contribution in [0, 0.1) is 6.92 Å². The third-order valence-electron chi connectivity index (χ3n) is 3.87. The smallest absolute Gasteiger partial charge is 0.345 e. The van der Waals surface area contributed by atoms with Gasteiger partial charge in [-0.15, -0.1) is 11.3 Å². The Labute approximate surface area is 145 Å². The Bertz CT molecular complexity index is 953. The average Bonchev–Trinajstić information content (AvgIpc) is 3.13. The predicted molar refractivity (Wildman–Crippen MR) is 87.4 cm³/mol. The molecule has 0 aromatic carbocycles. The number of aromatic nitrogens is 4. The lowest BCUT2D eigenvalue weighted by atomic mass is 10.1. The fraction of sp³-hybridized carbons (Fsp3) is 0.400. The Morgan fingerprint density at radius 1 is 1.32 bits per heavy atom. The van der Waals surface area contributed by atoms with Gasteiger partial charge < -0.3 is 5.32 Å². The fourth-order valence-electron chi connectivity index (χ4n) is 2.75. The van der Waals surface area contributed by atoms with E-state index in [2.05, 4.69) is 15.5 Å². The minimum atomic E-state index is -4.56. The summed E-state index contributed by atoms with van der Waals surface area (Å²) < 4.78 is 41.9. The van der Waals surface area contributed by atoms with E-state index in [1.165, 1.54) is 13.1 Å². The van der Waals surface area contributed by atoms with Crippen molar-refractivity contribution in [1.82, 2.24) is 24.9 Å². The fourth-order valence-corrected chi connectivity index (χ4v) is 3.73. The standard InChI is InChI=1S/C15H16F3N5OS/c1-7(10-6-22(3)20-8(10)2)19-13(24)11-5-9-12(15(16,17)18)21-23(4)14(9)25-11/h5-7H,1-4H3,(H,19,24)/t7-/m0/s1. The van der Waals surface area contributed by atoms with Crippen molar-refractivity contribution in [3.63, 3.8) is 0 Å². The summed E-state index contributed by atoms with van der Waals surface area (Å²) in [4.78, 5) is 13.0. The summed E-state index contributed by atoms with van der Waals surface area (Å²) in [5.74, 6) is -0.426. The van der Waals surface area contributed by atoms with Crippen molar-refractivity contribution in [2.24, 2.45) is 14.1 Å². The highest BCUT2D eigenvalue weighted by Gasteiger charge is 2.37. The van der Waals surface area contributed by atoms with E-state index in [1.54, 1.807) is 24.9 Å². The number of hydrogen-bond acceptors (Lipinski definition) is 4. The van der Waals surface area contributed by atoms with E-state index < -0.39 is 17.8 Å². The van der Waals surface area contributed by atoms with Crippen molar-refractivity contribution < 1.29 is 18.0 Å². The quantitative estimate of drug-likeness (QED) is 0.769. The van der Waals surface area contributed by atoms with Gasteiger partial charge in [0.15, 0.2) is 5.69 Å². The number of carbonyl (C=O) groups is 1. The van der Waals surface area contributed by atoms with Crippen LogP contribution in [0.2, 0.25) is 0 Å². The molecule has 0 saturated heterocycles. The molecule has 1 N–H and O–H groups in total. The van der Waals surface area contributed by atoms with Gasteiger partial charge in [0.05, 0.1) is 16.6 Å². The molecule has 0 fully saturated rings. The summed E-state index contributed by atoms with van der Waals surface area (Å²) in [6, 6.07) is 0.931. The Balaban J connectivity index is 1.89. The van der Waals surface area contributed by atoms with Crippen molar-refractivity contribution in [3.05, 3.63) is 34.1 Å². The third kappa shape index (κ3) is 3.13. The number of halogens is 3. The molecule has 0 aliphatic rings. The van der Waals surface area contributed by atoms with E-state index >= 15 is 0 Å². The maximum atomic E-state index is 13.0. The van der Waals surface area contributed by atoms with Crippen LogP contribution < -0.4 is 5.32 Å². The van der Waals surface area contributed by atoms with Crippen LogP contribution >= 0.6 is 11.3 Å². The average molecular weight is 371 g/mol. The number of hydrogen-bond donors (Lipinski definition) is 1. The van der Waals surface area contributed by atoms with Crippen LogP contribution in [0.15, 0.2) is 12.3 Å². The lowest BCUT2D eigenvalue weighted by Crippen LogP contribution is -2.26. The van der Waals surface area contributed by atoms with Crippen LogP contribution in [-0.4, -0.2) is 25.5 Å². The number of amides is 1. The van der Waals surface area contributed by atoms with E-state index in [9.17, 15) is 18.0 Å². The van der Waals surface area contributed by atoms with Gasteiger partial charge in [-0.05, 0) is 19.9 Å². The summed E-state index contributed by atoms with van der Waals surface area (Å²) in [5, 5.41) is 10.5. The zero-order valence-corrected chi connectivity index (χ0v) is 14.8. The summed E-state index contributed by atoms with van der Waals surface area (Å²) in [5.41, 5.74) is 0.668. The lowest BCUT2D eigenvalue weighted by Gasteiger charge is -2.12. The van der Waals surface area contributed by atoms with Crippen LogP contribution in [-0.2, 0) is 20.3 Å². The predicted octanol–water partition coefficient (Wildman–Crippen LogP) is 3.19. The molecule has 0 unspecified atom stereocenters. The molecule has 0 aliphatic heterocycles. The Morgan fingerprint density at radius 2 is 2.00 bits per heavy atom. The summed E-state index contributed by atoms with van der Waals surface area (Å²) in [6.07, 6.45) is -2.76. The molecule has 3 heterocycles. The van der Waals surface area contributed by atoms with Crippen LogP contribution in [0.4, 0.5) is 13.2 Å². The Hall–Kier alpha value is -2.36. The molecule has 6 nitrogen and oxygen atoms in total. The normalized spacial score (nSPS) is 13.4. The number of alkyl halides is 3. The second-order valence-electron chi connectivity index (χ2n) is 5.84. The van der Waals surface area contributed by atoms with Crippen molar-refractivity contribution >= 4 is 27.5 Å². The highest BCUT2D eigenvalue weighted by Crippen LogP contribution is 2.37. The van der Waals surface area contributed by atoms with E-state index in [4.69, 9.17) is 0 Å². The molecule has 25 heavy (non-hydrogen) atoms. The highest BCUT2D eigenvalue weighted by atomic mass is 32.1. The maximum absolute atomic E-state index is 13.0. The van der Waals surface area contributed by atoms with Crippen molar-refractivity contribution in [3.8, 4) is 0 Å². The topological polar surface area (TPSA) is 64.7 Å². The molecule has 0 aliphatic carbocycles. The van der Waals surface area contributed by atoms with Crippen LogP contribution in [0.25, 0.3) is 10.2 Å². The molecular weight excluding hydrogens is 355 g/mol. The van der Waals surface area contributed by atoms with Crippen molar-refractivity contribution in [2.75, 3.05) is 0 Å². The molecule has 0 saturated carbocycles. The van der Waals surface area contributed by atoms with Gasteiger partial charge >= 0.3 is 6.18 Å². The molecular formula is C15H16F3N5OS. The number of thiophene rings is 1. The van der Waals surface area contributed by atoms with E-state index in [1.807, 2.05) is 6.92 Å². The first-order valence-electron chi connectivity index (χ1n) is 7.42. The number of nitrogens with one attached hydrogen (secondary N) is 1. The molecule has 3 rings (SSSR count). The molecule has 1 atom stereocenters. The largest absolute Gasteiger partial charge is 0.435 e. The SMILES string of the molecule is Cc1nn(C)cc1[C@H](C)NC(=O)c1cc2c(C(F)(F)F)nn(C)c2s1. The van der Waals surface area contributed by atoms with Crippen LogP contribution in [0.3, 0.4) is 0 Å². The van der Waals surface area contributed by atoms with Gasteiger partial charge in [0.1, 0.15) is 4.83 Å². The van der Waals surface area contributed by atoms with Gasteiger partial charge in [-0.3, -0.25) is 14.2 Å². The maximum Gasteiger partial charge on any atom is 0.435 e. The van der Waals surface area contributed by atoms with Crippen molar-refractivity contribution in [1.29, 1.82) is 0 Å². The van der Waals surface area contributed by atoms with Gasteiger partial charge in [0, 0.05) is 31.2 Å². The first-order chi connectivity index (χ1) is 11.6. The molecule has 134 valence electrons. The number of fused-ring (bicyclic) bond motifs is 1. The number of aryl methyl sites for hydroxylation is 3. The number of rotatable bonds is 3. The van der Waals surface area contributed by atoms with Crippen LogP contribution in [0.5, 0.6) is 0 Å². The Kier molecular flexibility index (Phi) is 4.10. The van der Waals surface area contributed by atoms with Crippen LogP contribution in [0.1, 0.15) is 39.6 Å². The van der Waals surface area contributed by atoms with Gasteiger partial charge in [-0.2, -0.15) is 23.4 Å².